The van der Waals surface area contributed by atoms with E-state index in [1.807, 2.05) is 36.4 Å². The first-order chi connectivity index (χ1) is 13.2. The molecule has 0 aliphatic carbocycles. The van der Waals surface area contributed by atoms with E-state index in [-0.39, 0.29) is 14.9 Å². The average Bonchev–Trinajstić information content (AvgIpc) is 2.60. The fraction of sp³-hybridized carbons (Fsp3) is 0.143. The summed E-state index contributed by atoms with van der Waals surface area (Å²) >= 11 is -11.2. The number of phenolic OH excluding ortho intramolecular Hbond substituents is 1. The maximum absolute atomic E-state index is 11.2. The van der Waals surface area contributed by atoms with E-state index >= 15 is 0 Å². The molecule has 0 spiro atoms. The number of hydrogen-bond acceptors (Lipinski definition) is 1. The van der Waals surface area contributed by atoms with E-state index in [2.05, 4.69) is 43.3 Å². The first-order valence-corrected chi connectivity index (χ1v) is 14.4. The Balaban J connectivity index is 0.000000875. The molecule has 0 aliphatic rings. The Morgan fingerprint density at radius 1 is 0.667 bits per heavy atom. The standard InChI is InChI=1S/C21H20O.6FH.H2S.Sb/c1-16-12-13-21(22)20(15-18-10-6-3-7-11-18)19(16)14-17-8-4-2-5-9-17;;;;;;;;/h2-13,22H,14-15H2,1H3;6*1H;1H2;/q;;;;;;;;+5/p-5. The van der Waals surface area contributed by atoms with Crippen LogP contribution in [0.15, 0.2) is 72.8 Å². The maximum atomic E-state index is 10.4. The van der Waals surface area contributed by atoms with Crippen molar-refractivity contribution in [3.63, 3.8) is 0 Å². The topological polar surface area (TPSA) is 20.2 Å². The van der Waals surface area contributed by atoms with Crippen molar-refractivity contribution in [2.75, 3.05) is 0 Å². The number of aromatic hydroxyl groups is 1. The van der Waals surface area contributed by atoms with Crippen molar-refractivity contribution < 1.29 is 23.4 Å². The number of phenols is 1. The van der Waals surface area contributed by atoms with E-state index in [1.165, 1.54) is 22.3 Å². The predicted octanol–water partition coefficient (Wildman–Crippen LogP) is 7.25. The summed E-state index contributed by atoms with van der Waals surface area (Å²) in [5.74, 6) is 0.389. The van der Waals surface area contributed by atoms with Crippen LogP contribution in [0, 0.1) is 6.92 Å². The van der Waals surface area contributed by atoms with Gasteiger partial charge in [0, 0.05) is 12.0 Å². The molecule has 0 amide bonds. The Morgan fingerprint density at radius 3 is 1.43 bits per heavy atom. The molecule has 9 heteroatoms. The van der Waals surface area contributed by atoms with Crippen LogP contribution in [-0.2, 0) is 12.8 Å². The van der Waals surface area contributed by atoms with Crippen molar-refractivity contribution in [1.29, 1.82) is 0 Å². The van der Waals surface area contributed by atoms with Gasteiger partial charge in [-0.15, -0.1) is 0 Å². The molecular formula is C21H23F6OSSb. The fourth-order valence-corrected chi connectivity index (χ4v) is 2.84. The third kappa shape index (κ3) is 10.8. The fourth-order valence-electron chi connectivity index (χ4n) is 2.84. The van der Waals surface area contributed by atoms with Crippen molar-refractivity contribution in [3.8, 4) is 5.75 Å². The van der Waals surface area contributed by atoms with Crippen LogP contribution in [0.2, 0.25) is 0 Å². The normalized spacial score (nSPS) is 13.2. The van der Waals surface area contributed by atoms with Gasteiger partial charge >= 0.3 is 37.8 Å². The smallest absolute Gasteiger partial charge is 1.00 e. The first kappa shape index (κ1) is 26.2. The largest absolute Gasteiger partial charge is 1.00 e. The number of rotatable bonds is 4. The van der Waals surface area contributed by atoms with Gasteiger partial charge in [-0.25, -0.2) is 0 Å². The van der Waals surface area contributed by atoms with E-state index in [1.54, 1.807) is 0 Å². The zero-order valence-electron chi connectivity index (χ0n) is 17.0. The molecule has 1 nitrogen and oxygen atoms in total. The molecular weight excluding hydrogens is 536 g/mol. The van der Waals surface area contributed by atoms with Gasteiger partial charge < -0.3 is 5.11 Å². The van der Waals surface area contributed by atoms with Gasteiger partial charge in [0.05, 0.1) is 0 Å². The molecule has 0 saturated heterocycles. The predicted molar refractivity (Wildman–Crippen MR) is 115 cm³/mol. The number of halogens is 6. The summed E-state index contributed by atoms with van der Waals surface area (Å²) in [6.07, 6.45) is 1.61. The first-order valence-electron chi connectivity index (χ1n) is 8.63. The Hall–Kier alpha value is -1.79. The van der Waals surface area contributed by atoms with Crippen LogP contribution < -0.4 is 0 Å². The van der Waals surface area contributed by atoms with Gasteiger partial charge in [0.1, 0.15) is 5.75 Å². The minimum atomic E-state index is -11.2. The van der Waals surface area contributed by atoms with Crippen molar-refractivity contribution in [2.24, 2.45) is 0 Å². The molecule has 0 radical (unpaired) electrons. The third-order valence-corrected chi connectivity index (χ3v) is 4.09. The molecule has 0 aliphatic heterocycles. The molecule has 0 fully saturated rings. The Morgan fingerprint density at radius 2 is 1.03 bits per heavy atom. The maximum Gasteiger partial charge on any atom is 1.00 e. The van der Waals surface area contributed by atoms with Crippen molar-refractivity contribution in [1.82, 2.24) is 0 Å². The zero-order chi connectivity index (χ0) is 21.8. The van der Waals surface area contributed by atoms with E-state index in [4.69, 9.17) is 0 Å². The Labute approximate surface area is 182 Å². The molecule has 30 heavy (non-hydrogen) atoms. The monoisotopic (exact) mass is 558 g/mol. The minimum absolute atomic E-state index is 0. The second-order valence-corrected chi connectivity index (χ2v) is 12.1. The number of benzene rings is 3. The summed E-state index contributed by atoms with van der Waals surface area (Å²) < 4.78 is 59.6. The van der Waals surface area contributed by atoms with E-state index in [0.29, 0.717) is 5.75 Å². The van der Waals surface area contributed by atoms with Gasteiger partial charge in [-0.1, -0.05) is 66.7 Å². The molecule has 0 saturated carbocycles. The molecule has 1 N–H and O–H groups in total. The van der Waals surface area contributed by atoms with Crippen LogP contribution in [0.3, 0.4) is 0 Å². The molecule has 166 valence electrons. The summed E-state index contributed by atoms with van der Waals surface area (Å²) in [4.78, 5) is 0. The van der Waals surface area contributed by atoms with E-state index < -0.39 is 19.5 Å². The van der Waals surface area contributed by atoms with Gasteiger partial charge in [0.25, 0.3) is 0 Å². The molecule has 0 bridgehead atoms. The minimum Gasteiger partial charge on any atom is 1.00 e. The summed E-state index contributed by atoms with van der Waals surface area (Å²) in [6.45, 7) is 2.12. The molecule has 0 unspecified atom stereocenters. The SMILES string of the molecule is Cc1ccc(O)c(Cc2ccccc2)c1Cc1ccccc1.S.[F][Sb-]([F])([F])([F])([F])[F].[H+]. The van der Waals surface area contributed by atoms with Gasteiger partial charge in [-0.05, 0) is 41.7 Å². The number of aryl methyl sites for hydroxylation is 1. The summed E-state index contributed by atoms with van der Waals surface area (Å²) in [5.41, 5.74) is 5.99. The van der Waals surface area contributed by atoms with Crippen molar-refractivity contribution >= 4 is 33.0 Å². The zero-order valence-corrected chi connectivity index (χ0v) is 19.6. The number of hydrogen-bond donors (Lipinski definition) is 1. The van der Waals surface area contributed by atoms with Crippen molar-refractivity contribution in [3.05, 3.63) is 101 Å². The summed E-state index contributed by atoms with van der Waals surface area (Å²) in [5, 5.41) is 10.4. The second-order valence-electron chi connectivity index (χ2n) is 6.64. The van der Waals surface area contributed by atoms with Gasteiger partial charge in [0.2, 0.25) is 0 Å². The van der Waals surface area contributed by atoms with Crippen molar-refractivity contribution in [2.45, 2.75) is 19.8 Å². The molecule has 3 rings (SSSR count). The van der Waals surface area contributed by atoms with Gasteiger partial charge in [0.15, 0.2) is 0 Å². The second kappa shape index (κ2) is 9.14. The van der Waals surface area contributed by atoms with E-state index in [9.17, 15) is 22.0 Å². The molecule has 0 heterocycles. The van der Waals surface area contributed by atoms with Gasteiger partial charge in [-0.3, -0.25) is 0 Å². The van der Waals surface area contributed by atoms with Crippen LogP contribution in [0.25, 0.3) is 0 Å². The van der Waals surface area contributed by atoms with Crippen LogP contribution >= 0.6 is 13.5 Å². The van der Waals surface area contributed by atoms with Crippen LogP contribution in [-0.4, -0.2) is 24.6 Å². The molecule has 3 aromatic carbocycles. The third-order valence-electron chi connectivity index (χ3n) is 4.09. The molecule has 0 aromatic heterocycles. The Bertz CT molecular complexity index is 890. The summed E-state index contributed by atoms with van der Waals surface area (Å²) in [7, 11) is 0. The molecule has 0 atom stereocenters. The molecule has 3 aromatic rings. The quantitative estimate of drug-likeness (QED) is 0.264. The van der Waals surface area contributed by atoms with Crippen LogP contribution in [0.5, 0.6) is 5.75 Å². The average molecular weight is 559 g/mol. The van der Waals surface area contributed by atoms with Gasteiger partial charge in [-0.2, -0.15) is 13.5 Å². The summed E-state index contributed by atoms with van der Waals surface area (Å²) in [6, 6.07) is 24.5. The van der Waals surface area contributed by atoms with Crippen LogP contribution in [0.4, 0.5) is 16.9 Å². The van der Waals surface area contributed by atoms with E-state index in [0.717, 1.165) is 18.4 Å². The van der Waals surface area contributed by atoms with Crippen LogP contribution in [0.1, 0.15) is 29.2 Å². The Kier molecular flexibility index (Phi) is 8.00.